The summed E-state index contributed by atoms with van der Waals surface area (Å²) in [5.41, 5.74) is 2.03. The van der Waals surface area contributed by atoms with E-state index in [0.717, 1.165) is 15.6 Å². The van der Waals surface area contributed by atoms with Crippen LogP contribution in [0.1, 0.15) is 24.1 Å². The van der Waals surface area contributed by atoms with Crippen LogP contribution in [-0.2, 0) is 6.54 Å². The van der Waals surface area contributed by atoms with Crippen molar-refractivity contribution in [3.8, 4) is 0 Å². The molecule has 2 nitrogen and oxygen atoms in total. The Morgan fingerprint density at radius 3 is 2.89 bits per heavy atom. The molecule has 0 spiro atoms. The van der Waals surface area contributed by atoms with E-state index in [1.807, 2.05) is 25.3 Å². The van der Waals surface area contributed by atoms with Crippen molar-refractivity contribution in [3.63, 3.8) is 0 Å². The van der Waals surface area contributed by atoms with Crippen molar-refractivity contribution < 1.29 is 4.39 Å². The highest BCUT2D eigenvalue weighted by Gasteiger charge is 2.05. The molecule has 1 aromatic heterocycles. The zero-order valence-electron chi connectivity index (χ0n) is 10.0. The van der Waals surface area contributed by atoms with Crippen molar-refractivity contribution in [1.82, 2.24) is 10.3 Å². The summed E-state index contributed by atoms with van der Waals surface area (Å²) >= 11 is 3.38. The van der Waals surface area contributed by atoms with Gasteiger partial charge in [-0.15, -0.1) is 0 Å². The first-order valence-electron chi connectivity index (χ1n) is 5.73. The minimum atomic E-state index is -0.203. The van der Waals surface area contributed by atoms with Crippen molar-refractivity contribution >= 4 is 15.9 Å². The summed E-state index contributed by atoms with van der Waals surface area (Å²) in [6.07, 6.45) is 3.57. The predicted octanol–water partition coefficient (Wildman–Crippen LogP) is 3.83. The van der Waals surface area contributed by atoms with E-state index in [2.05, 4.69) is 26.2 Å². The number of halogens is 2. The maximum absolute atomic E-state index is 13.1. The standard InChI is InChI=1S/C14H14BrFN2/c1-10(12-3-2-4-14(16)6-12)18-8-11-5-13(15)9-17-7-11/h2-7,9-10,18H,8H2,1H3/t10-/m0/s1. The third-order valence-corrected chi connectivity index (χ3v) is 3.16. The fraction of sp³-hybridized carbons (Fsp3) is 0.214. The number of nitrogens with one attached hydrogen (secondary N) is 1. The smallest absolute Gasteiger partial charge is 0.123 e. The molecule has 1 atom stereocenters. The fourth-order valence-corrected chi connectivity index (χ4v) is 2.13. The average molecular weight is 309 g/mol. The molecule has 1 aromatic carbocycles. The minimum Gasteiger partial charge on any atom is -0.306 e. The van der Waals surface area contributed by atoms with E-state index in [4.69, 9.17) is 0 Å². The average Bonchev–Trinajstić information content (AvgIpc) is 2.36. The SMILES string of the molecule is C[C@H](NCc1cncc(Br)c1)c1cccc(F)c1. The van der Waals surface area contributed by atoms with E-state index < -0.39 is 0 Å². The Morgan fingerprint density at radius 1 is 1.33 bits per heavy atom. The molecule has 94 valence electrons. The molecular weight excluding hydrogens is 295 g/mol. The molecular formula is C14H14BrFN2. The van der Waals surface area contributed by atoms with Crippen LogP contribution in [0.15, 0.2) is 47.2 Å². The van der Waals surface area contributed by atoms with Crippen LogP contribution in [0.5, 0.6) is 0 Å². The van der Waals surface area contributed by atoms with Crippen molar-refractivity contribution in [2.45, 2.75) is 19.5 Å². The zero-order valence-corrected chi connectivity index (χ0v) is 11.6. The lowest BCUT2D eigenvalue weighted by molar-refractivity contribution is 0.564. The molecule has 0 aliphatic rings. The van der Waals surface area contributed by atoms with Crippen LogP contribution in [0.2, 0.25) is 0 Å². The van der Waals surface area contributed by atoms with Gasteiger partial charge in [0.2, 0.25) is 0 Å². The fourth-order valence-electron chi connectivity index (χ4n) is 1.72. The third kappa shape index (κ3) is 3.62. The molecule has 0 saturated carbocycles. The summed E-state index contributed by atoms with van der Waals surface area (Å²) in [5.74, 6) is -0.203. The van der Waals surface area contributed by atoms with Gasteiger partial charge >= 0.3 is 0 Å². The molecule has 2 aromatic rings. The minimum absolute atomic E-state index is 0.0969. The number of hydrogen-bond donors (Lipinski definition) is 1. The van der Waals surface area contributed by atoms with Gasteiger partial charge in [-0.2, -0.15) is 0 Å². The molecule has 0 bridgehead atoms. The maximum atomic E-state index is 13.1. The molecule has 0 unspecified atom stereocenters. The molecule has 4 heteroatoms. The number of pyridine rings is 1. The largest absolute Gasteiger partial charge is 0.306 e. The summed E-state index contributed by atoms with van der Waals surface area (Å²) in [7, 11) is 0. The van der Waals surface area contributed by atoms with E-state index in [0.29, 0.717) is 6.54 Å². The Kier molecular flexibility index (Phi) is 4.44. The molecule has 1 N–H and O–H groups in total. The Bertz CT molecular complexity index is 531. The molecule has 0 aliphatic carbocycles. The number of rotatable bonds is 4. The van der Waals surface area contributed by atoms with E-state index in [1.165, 1.54) is 6.07 Å². The highest BCUT2D eigenvalue weighted by Crippen LogP contribution is 2.15. The summed E-state index contributed by atoms with van der Waals surface area (Å²) in [6, 6.07) is 8.76. The van der Waals surface area contributed by atoms with Crippen LogP contribution in [0, 0.1) is 5.82 Å². The lowest BCUT2D eigenvalue weighted by Gasteiger charge is -2.14. The van der Waals surface area contributed by atoms with Crippen LogP contribution in [0.3, 0.4) is 0 Å². The van der Waals surface area contributed by atoms with Crippen LogP contribution in [0.4, 0.5) is 4.39 Å². The summed E-state index contributed by atoms with van der Waals surface area (Å²) in [5, 5.41) is 3.34. The van der Waals surface area contributed by atoms with Crippen LogP contribution in [-0.4, -0.2) is 4.98 Å². The number of benzene rings is 1. The summed E-state index contributed by atoms with van der Waals surface area (Å²) < 4.78 is 14.1. The van der Waals surface area contributed by atoms with Gasteiger partial charge in [-0.25, -0.2) is 4.39 Å². The molecule has 0 radical (unpaired) electrons. The molecule has 2 rings (SSSR count). The Hall–Kier alpha value is -1.26. The monoisotopic (exact) mass is 308 g/mol. The third-order valence-electron chi connectivity index (χ3n) is 2.72. The van der Waals surface area contributed by atoms with Gasteiger partial charge in [0, 0.05) is 29.5 Å². The molecule has 0 saturated heterocycles. The van der Waals surface area contributed by atoms with Gasteiger partial charge in [0.05, 0.1) is 0 Å². The molecule has 0 fully saturated rings. The van der Waals surface area contributed by atoms with Gasteiger partial charge < -0.3 is 5.32 Å². The zero-order chi connectivity index (χ0) is 13.0. The highest BCUT2D eigenvalue weighted by molar-refractivity contribution is 9.10. The summed E-state index contributed by atoms with van der Waals surface area (Å²) in [6.45, 7) is 2.71. The van der Waals surface area contributed by atoms with Crippen molar-refractivity contribution in [1.29, 1.82) is 0 Å². The van der Waals surface area contributed by atoms with Crippen LogP contribution >= 0.6 is 15.9 Å². The summed E-state index contributed by atoms with van der Waals surface area (Å²) in [4.78, 5) is 4.10. The Labute approximate surface area is 114 Å². The van der Waals surface area contributed by atoms with E-state index in [-0.39, 0.29) is 11.9 Å². The van der Waals surface area contributed by atoms with Gasteiger partial charge in [-0.1, -0.05) is 12.1 Å². The first-order valence-corrected chi connectivity index (χ1v) is 6.53. The predicted molar refractivity (Wildman–Crippen MR) is 73.6 cm³/mol. The topological polar surface area (TPSA) is 24.9 Å². The Balaban J connectivity index is 1.98. The second kappa shape index (κ2) is 6.07. The number of aromatic nitrogens is 1. The lowest BCUT2D eigenvalue weighted by atomic mass is 10.1. The molecule has 0 aliphatic heterocycles. The quantitative estimate of drug-likeness (QED) is 0.928. The van der Waals surface area contributed by atoms with Gasteiger partial charge in [-0.3, -0.25) is 4.98 Å². The second-order valence-electron chi connectivity index (χ2n) is 4.17. The Morgan fingerprint density at radius 2 is 2.17 bits per heavy atom. The first kappa shape index (κ1) is 13.2. The molecule has 1 heterocycles. The van der Waals surface area contributed by atoms with Crippen LogP contribution < -0.4 is 5.32 Å². The second-order valence-corrected chi connectivity index (χ2v) is 5.08. The molecule has 18 heavy (non-hydrogen) atoms. The van der Waals surface area contributed by atoms with Gasteiger partial charge in [0.25, 0.3) is 0 Å². The highest BCUT2D eigenvalue weighted by atomic mass is 79.9. The van der Waals surface area contributed by atoms with Gasteiger partial charge in [-0.05, 0) is 52.2 Å². The lowest BCUT2D eigenvalue weighted by Crippen LogP contribution is -2.18. The van der Waals surface area contributed by atoms with Gasteiger partial charge in [0.15, 0.2) is 0 Å². The number of nitrogens with zero attached hydrogens (tertiary/aromatic N) is 1. The van der Waals surface area contributed by atoms with Crippen molar-refractivity contribution in [2.24, 2.45) is 0 Å². The maximum Gasteiger partial charge on any atom is 0.123 e. The van der Waals surface area contributed by atoms with Gasteiger partial charge in [0.1, 0.15) is 5.82 Å². The van der Waals surface area contributed by atoms with E-state index >= 15 is 0 Å². The normalized spacial score (nSPS) is 12.4. The van der Waals surface area contributed by atoms with E-state index in [1.54, 1.807) is 18.3 Å². The van der Waals surface area contributed by atoms with E-state index in [9.17, 15) is 4.39 Å². The number of hydrogen-bond acceptors (Lipinski definition) is 2. The first-order chi connectivity index (χ1) is 8.65. The van der Waals surface area contributed by atoms with Crippen molar-refractivity contribution in [3.05, 3.63) is 64.1 Å². The van der Waals surface area contributed by atoms with Crippen molar-refractivity contribution in [2.75, 3.05) is 0 Å². The molecule has 0 amide bonds. The van der Waals surface area contributed by atoms with Crippen LogP contribution in [0.25, 0.3) is 0 Å².